The lowest BCUT2D eigenvalue weighted by Gasteiger charge is -2.11. The highest BCUT2D eigenvalue weighted by Crippen LogP contribution is 2.20. The Labute approximate surface area is 113 Å². The van der Waals surface area contributed by atoms with Gasteiger partial charge in [0, 0.05) is 30.8 Å². The van der Waals surface area contributed by atoms with Gasteiger partial charge in [0.2, 0.25) is 11.8 Å². The Kier molecular flexibility index (Phi) is 5.51. The summed E-state index contributed by atoms with van der Waals surface area (Å²) in [6.07, 6.45) is 1.04. The summed E-state index contributed by atoms with van der Waals surface area (Å²) in [6, 6.07) is 5.43. The van der Waals surface area contributed by atoms with E-state index in [1.165, 1.54) is 6.92 Å². The van der Waals surface area contributed by atoms with Crippen LogP contribution in [0.25, 0.3) is 0 Å². The van der Waals surface area contributed by atoms with Gasteiger partial charge in [-0.15, -0.1) is 0 Å². The van der Waals surface area contributed by atoms with Gasteiger partial charge in [0.05, 0.1) is 0 Å². The van der Waals surface area contributed by atoms with Gasteiger partial charge in [0.25, 0.3) is 0 Å². The number of carbonyl (C=O) groups excluding carboxylic acids is 2. The van der Waals surface area contributed by atoms with Crippen LogP contribution in [0, 0.1) is 6.92 Å². The highest BCUT2D eigenvalue weighted by molar-refractivity contribution is 5.93. The molecule has 1 aromatic rings. The lowest BCUT2D eigenvalue weighted by molar-refractivity contribution is -0.116. The second-order valence-corrected chi connectivity index (χ2v) is 4.78. The molecule has 0 spiro atoms. The first-order valence-corrected chi connectivity index (χ1v) is 6.32. The summed E-state index contributed by atoms with van der Waals surface area (Å²) in [7, 11) is 0. The number of hydrogen-bond acceptors (Lipinski definition) is 3. The first kappa shape index (κ1) is 15.2. The molecule has 0 saturated heterocycles. The summed E-state index contributed by atoms with van der Waals surface area (Å²) in [6.45, 7) is 5.22. The molecule has 0 saturated carbocycles. The average Bonchev–Trinajstić information content (AvgIpc) is 2.30. The van der Waals surface area contributed by atoms with Crippen molar-refractivity contribution in [2.45, 2.75) is 39.7 Å². The lowest BCUT2D eigenvalue weighted by Crippen LogP contribution is -2.19. The molecule has 0 heterocycles. The van der Waals surface area contributed by atoms with Crippen LogP contribution in [-0.2, 0) is 9.59 Å². The monoisotopic (exact) mass is 263 g/mol. The largest absolute Gasteiger partial charge is 0.328 e. The van der Waals surface area contributed by atoms with Gasteiger partial charge in [0.15, 0.2) is 0 Å². The molecule has 1 atom stereocenters. The Morgan fingerprint density at radius 2 is 2.00 bits per heavy atom. The molecular weight excluding hydrogens is 242 g/mol. The van der Waals surface area contributed by atoms with Gasteiger partial charge in [-0.25, -0.2) is 0 Å². The Morgan fingerprint density at radius 1 is 1.32 bits per heavy atom. The van der Waals surface area contributed by atoms with Gasteiger partial charge < -0.3 is 16.4 Å². The fraction of sp³-hybridized carbons (Fsp3) is 0.429. The normalized spacial score (nSPS) is 11.8. The van der Waals surface area contributed by atoms with Crippen LogP contribution >= 0.6 is 0 Å². The van der Waals surface area contributed by atoms with E-state index in [4.69, 9.17) is 5.73 Å². The van der Waals surface area contributed by atoms with E-state index < -0.39 is 0 Å². The van der Waals surface area contributed by atoms with Gasteiger partial charge in [-0.3, -0.25) is 9.59 Å². The SMILES string of the molecule is CC(=O)Nc1cc(NC(=O)CCC(C)N)ccc1C. The van der Waals surface area contributed by atoms with E-state index in [2.05, 4.69) is 10.6 Å². The molecule has 1 unspecified atom stereocenters. The van der Waals surface area contributed by atoms with Crippen molar-refractivity contribution >= 4 is 23.2 Å². The molecule has 1 rings (SSSR count). The van der Waals surface area contributed by atoms with Crippen molar-refractivity contribution in [3.05, 3.63) is 23.8 Å². The predicted molar refractivity (Wildman–Crippen MR) is 77.0 cm³/mol. The molecule has 0 fully saturated rings. The van der Waals surface area contributed by atoms with E-state index in [0.717, 1.165) is 5.56 Å². The molecule has 0 aliphatic heterocycles. The number of nitrogens with one attached hydrogen (secondary N) is 2. The third-order valence-electron chi connectivity index (χ3n) is 2.66. The van der Waals surface area contributed by atoms with E-state index in [1.807, 2.05) is 26.0 Å². The number of rotatable bonds is 5. The van der Waals surface area contributed by atoms with E-state index in [-0.39, 0.29) is 17.9 Å². The molecule has 1 aromatic carbocycles. The molecular formula is C14H21N3O2. The van der Waals surface area contributed by atoms with Crippen LogP contribution in [0.2, 0.25) is 0 Å². The van der Waals surface area contributed by atoms with Crippen molar-refractivity contribution in [3.63, 3.8) is 0 Å². The van der Waals surface area contributed by atoms with Crippen LogP contribution in [0.15, 0.2) is 18.2 Å². The molecule has 0 aliphatic carbocycles. The summed E-state index contributed by atoms with van der Waals surface area (Å²) < 4.78 is 0. The second kappa shape index (κ2) is 6.89. The number of amides is 2. The molecule has 19 heavy (non-hydrogen) atoms. The summed E-state index contributed by atoms with van der Waals surface area (Å²) >= 11 is 0. The molecule has 5 nitrogen and oxygen atoms in total. The molecule has 2 amide bonds. The lowest BCUT2D eigenvalue weighted by atomic mass is 10.1. The number of carbonyl (C=O) groups is 2. The quantitative estimate of drug-likeness (QED) is 0.759. The summed E-state index contributed by atoms with van der Waals surface area (Å²) in [5, 5.41) is 5.52. The Balaban J connectivity index is 2.68. The third kappa shape index (κ3) is 5.52. The Bertz CT molecular complexity index is 470. The fourth-order valence-electron chi connectivity index (χ4n) is 1.61. The predicted octanol–water partition coefficient (Wildman–Crippen LogP) is 2.02. The molecule has 104 valence electrons. The molecule has 0 radical (unpaired) electrons. The molecule has 0 aromatic heterocycles. The first-order chi connectivity index (χ1) is 8.88. The number of anilines is 2. The maximum atomic E-state index is 11.7. The minimum Gasteiger partial charge on any atom is -0.328 e. The van der Waals surface area contributed by atoms with Gasteiger partial charge in [0.1, 0.15) is 0 Å². The van der Waals surface area contributed by atoms with Crippen LogP contribution in [0.4, 0.5) is 11.4 Å². The van der Waals surface area contributed by atoms with Crippen LogP contribution < -0.4 is 16.4 Å². The van der Waals surface area contributed by atoms with Crippen LogP contribution in [-0.4, -0.2) is 17.9 Å². The number of aryl methyl sites for hydroxylation is 1. The molecule has 0 aliphatic rings. The second-order valence-electron chi connectivity index (χ2n) is 4.78. The van der Waals surface area contributed by atoms with Crippen molar-refractivity contribution < 1.29 is 9.59 Å². The molecule has 5 heteroatoms. The zero-order valence-electron chi connectivity index (χ0n) is 11.6. The topological polar surface area (TPSA) is 84.2 Å². The van der Waals surface area contributed by atoms with Crippen molar-refractivity contribution in [2.24, 2.45) is 5.73 Å². The first-order valence-electron chi connectivity index (χ1n) is 6.32. The molecule has 0 bridgehead atoms. The number of hydrogen-bond donors (Lipinski definition) is 3. The van der Waals surface area contributed by atoms with Crippen LogP contribution in [0.1, 0.15) is 32.3 Å². The third-order valence-corrected chi connectivity index (χ3v) is 2.66. The van der Waals surface area contributed by atoms with Gasteiger partial charge >= 0.3 is 0 Å². The van der Waals surface area contributed by atoms with Crippen molar-refractivity contribution in [3.8, 4) is 0 Å². The van der Waals surface area contributed by atoms with Crippen molar-refractivity contribution in [1.82, 2.24) is 0 Å². The average molecular weight is 263 g/mol. The van der Waals surface area contributed by atoms with Crippen LogP contribution in [0.3, 0.4) is 0 Å². The summed E-state index contributed by atoms with van der Waals surface area (Å²) in [5.41, 5.74) is 7.93. The van der Waals surface area contributed by atoms with Crippen molar-refractivity contribution in [2.75, 3.05) is 10.6 Å². The van der Waals surface area contributed by atoms with Gasteiger partial charge in [-0.05, 0) is 38.0 Å². The van der Waals surface area contributed by atoms with Gasteiger partial charge in [-0.1, -0.05) is 6.07 Å². The highest BCUT2D eigenvalue weighted by Gasteiger charge is 2.06. The highest BCUT2D eigenvalue weighted by atomic mass is 16.2. The number of nitrogens with two attached hydrogens (primary N) is 1. The van der Waals surface area contributed by atoms with Crippen LogP contribution in [0.5, 0.6) is 0 Å². The zero-order valence-corrected chi connectivity index (χ0v) is 11.6. The Morgan fingerprint density at radius 3 is 2.58 bits per heavy atom. The standard InChI is InChI=1S/C14H21N3O2/c1-9-4-6-12(8-13(9)16-11(3)18)17-14(19)7-5-10(2)15/h4,6,8,10H,5,7,15H2,1-3H3,(H,16,18)(H,17,19). The zero-order chi connectivity index (χ0) is 14.4. The van der Waals surface area contributed by atoms with E-state index in [9.17, 15) is 9.59 Å². The summed E-state index contributed by atoms with van der Waals surface area (Å²) in [4.78, 5) is 22.7. The van der Waals surface area contributed by atoms with Gasteiger partial charge in [-0.2, -0.15) is 0 Å². The maximum Gasteiger partial charge on any atom is 0.224 e. The minimum absolute atomic E-state index is 0.0127. The maximum absolute atomic E-state index is 11.7. The van der Waals surface area contributed by atoms with E-state index in [1.54, 1.807) is 6.07 Å². The summed E-state index contributed by atoms with van der Waals surface area (Å²) in [5.74, 6) is -0.210. The van der Waals surface area contributed by atoms with E-state index in [0.29, 0.717) is 24.2 Å². The van der Waals surface area contributed by atoms with Crippen molar-refractivity contribution in [1.29, 1.82) is 0 Å². The van der Waals surface area contributed by atoms with E-state index >= 15 is 0 Å². The Hall–Kier alpha value is -1.88. The minimum atomic E-state index is -0.136. The number of benzene rings is 1. The smallest absolute Gasteiger partial charge is 0.224 e. The fourth-order valence-corrected chi connectivity index (χ4v) is 1.61. The molecule has 4 N–H and O–H groups in total.